The SMILES string of the molecule is COc1cc(C)c(S(=O)(=O)N(C)CCC(=O)Nc2cnc(N3CCN(c4ccncc4)CC3)nc2)c(C)c1.COc1cc(C)c(S(=O)(=O)N(C)CCC(=O)O)c(C)c1.Nc1cnc(N2CCN(c3ccncc3)CC2)nc1. The van der Waals surface area contributed by atoms with Gasteiger partial charge in [0.1, 0.15) is 11.5 Å². The van der Waals surface area contributed by atoms with Crippen LogP contribution in [-0.4, -0.2) is 166 Å². The minimum Gasteiger partial charge on any atom is -0.497 e. The lowest BCUT2D eigenvalue weighted by molar-refractivity contribution is -0.137. The molecule has 0 bridgehead atoms. The van der Waals surface area contributed by atoms with Gasteiger partial charge in [0, 0.05) is 122 Å². The molecule has 4 aromatic heterocycles. The molecule has 2 aliphatic heterocycles. The number of aromatic nitrogens is 6. The quantitative estimate of drug-likeness (QED) is 0.112. The zero-order valence-corrected chi connectivity index (χ0v) is 46.3. The number of nitrogens with two attached hydrogens (primary N) is 1. The van der Waals surface area contributed by atoms with Crippen LogP contribution >= 0.6 is 0 Å². The number of nitrogens with zero attached hydrogens (tertiary/aromatic N) is 12. The third-order valence-corrected chi connectivity index (χ3v) is 17.1. The van der Waals surface area contributed by atoms with Gasteiger partial charge in [-0.3, -0.25) is 19.6 Å². The third-order valence-electron chi connectivity index (χ3n) is 12.7. The molecule has 2 saturated heterocycles. The van der Waals surface area contributed by atoms with Crippen LogP contribution in [0.1, 0.15) is 35.1 Å². The number of anilines is 6. The first-order valence-corrected chi connectivity index (χ1v) is 27.5. The van der Waals surface area contributed by atoms with Crippen molar-refractivity contribution >= 4 is 66.6 Å². The Kier molecular flexibility index (Phi) is 20.4. The molecule has 0 radical (unpaired) electrons. The van der Waals surface area contributed by atoms with Crippen LogP contribution in [0.15, 0.2) is 108 Å². The van der Waals surface area contributed by atoms with Crippen LogP contribution in [-0.2, 0) is 29.6 Å². The monoisotopic (exact) mass is 1100 g/mol. The smallest absolute Gasteiger partial charge is 0.304 e. The molecule has 0 saturated carbocycles. The van der Waals surface area contributed by atoms with E-state index in [1.54, 1.807) is 89.1 Å². The van der Waals surface area contributed by atoms with Gasteiger partial charge in [-0.2, -0.15) is 0 Å². The number of carboxylic acids is 1. The summed E-state index contributed by atoms with van der Waals surface area (Å²) in [4.78, 5) is 57.9. The van der Waals surface area contributed by atoms with E-state index in [0.717, 1.165) is 68.3 Å². The number of benzene rings is 2. The number of sulfonamides is 2. The van der Waals surface area contributed by atoms with Crippen molar-refractivity contribution in [3.63, 3.8) is 0 Å². The zero-order valence-electron chi connectivity index (χ0n) is 44.7. The maximum Gasteiger partial charge on any atom is 0.304 e. The molecule has 0 aliphatic carbocycles. The first-order valence-electron chi connectivity index (χ1n) is 24.7. The van der Waals surface area contributed by atoms with Gasteiger partial charge in [-0.1, -0.05) is 0 Å². The van der Waals surface area contributed by atoms with Crippen LogP contribution in [0.25, 0.3) is 0 Å². The van der Waals surface area contributed by atoms with Crippen LogP contribution in [0.2, 0.25) is 0 Å². The highest BCUT2D eigenvalue weighted by atomic mass is 32.2. The molecule has 77 heavy (non-hydrogen) atoms. The number of nitrogen functional groups attached to an aromatic ring is 1. The molecule has 2 aliphatic rings. The van der Waals surface area contributed by atoms with E-state index in [2.05, 4.69) is 54.8 Å². The summed E-state index contributed by atoms with van der Waals surface area (Å²) in [5, 5.41) is 11.4. The van der Waals surface area contributed by atoms with Crippen LogP contribution < -0.4 is 40.1 Å². The summed E-state index contributed by atoms with van der Waals surface area (Å²) in [6, 6.07) is 14.7. The zero-order chi connectivity index (χ0) is 55.9. The van der Waals surface area contributed by atoms with Gasteiger partial charge in [0.15, 0.2) is 0 Å². The largest absolute Gasteiger partial charge is 0.497 e. The summed E-state index contributed by atoms with van der Waals surface area (Å²) in [5.41, 5.74) is 11.3. The molecule has 1 amide bonds. The number of aryl methyl sites for hydroxylation is 4. The fourth-order valence-corrected chi connectivity index (χ4v) is 11.8. The number of pyridine rings is 2. The predicted molar refractivity (Wildman–Crippen MR) is 296 cm³/mol. The fourth-order valence-electron chi connectivity index (χ4n) is 8.64. The number of hydrogen-bond donors (Lipinski definition) is 3. The van der Waals surface area contributed by atoms with E-state index in [-0.39, 0.29) is 41.6 Å². The van der Waals surface area contributed by atoms with Crippen LogP contribution in [0, 0.1) is 27.7 Å². The Morgan fingerprint density at radius 1 is 0.584 bits per heavy atom. The molecule has 6 aromatic rings. The Labute approximate surface area is 450 Å². The van der Waals surface area contributed by atoms with Crippen molar-refractivity contribution in [2.75, 3.05) is 124 Å². The van der Waals surface area contributed by atoms with Gasteiger partial charge in [0.05, 0.1) is 66.6 Å². The number of carbonyl (C=O) groups is 2. The molecular weight excluding hydrogens is 1030 g/mol. The summed E-state index contributed by atoms with van der Waals surface area (Å²) in [7, 11) is -1.58. The van der Waals surface area contributed by atoms with Crippen molar-refractivity contribution in [2.45, 2.75) is 50.3 Å². The normalized spacial score (nSPS) is 13.8. The topological polar surface area (TPSA) is 276 Å². The highest BCUT2D eigenvalue weighted by molar-refractivity contribution is 7.89. The summed E-state index contributed by atoms with van der Waals surface area (Å²) < 4.78 is 63.8. The number of amides is 1. The molecule has 23 nitrogen and oxygen atoms in total. The van der Waals surface area contributed by atoms with Gasteiger partial charge < -0.3 is 45.2 Å². The molecule has 2 aromatic carbocycles. The van der Waals surface area contributed by atoms with Crippen molar-refractivity contribution < 1.29 is 41.0 Å². The molecular formula is C52H68N14O9S2. The van der Waals surface area contributed by atoms with E-state index in [4.69, 9.17) is 20.3 Å². The van der Waals surface area contributed by atoms with Gasteiger partial charge in [-0.25, -0.2) is 45.4 Å². The Balaban J connectivity index is 0.000000207. The lowest BCUT2D eigenvalue weighted by Crippen LogP contribution is -2.47. The van der Waals surface area contributed by atoms with Crippen LogP contribution in [0.4, 0.5) is 34.6 Å². The number of hydrogen-bond acceptors (Lipinski definition) is 19. The van der Waals surface area contributed by atoms with Crippen molar-refractivity contribution in [2.24, 2.45) is 0 Å². The van der Waals surface area contributed by atoms with Gasteiger partial charge in [-0.15, -0.1) is 0 Å². The average molecular weight is 1100 g/mol. The molecule has 6 heterocycles. The van der Waals surface area contributed by atoms with E-state index < -0.39 is 26.0 Å². The Morgan fingerprint density at radius 3 is 1.27 bits per heavy atom. The van der Waals surface area contributed by atoms with Crippen molar-refractivity contribution in [1.29, 1.82) is 0 Å². The summed E-state index contributed by atoms with van der Waals surface area (Å²) in [5.74, 6) is 1.19. The van der Waals surface area contributed by atoms with Crippen LogP contribution in [0.5, 0.6) is 11.5 Å². The number of ether oxygens (including phenoxy) is 2. The number of methoxy groups -OCH3 is 2. The van der Waals surface area contributed by atoms with E-state index in [9.17, 15) is 26.4 Å². The minimum atomic E-state index is -3.77. The molecule has 8 rings (SSSR count). The fraction of sp³-hybridized carbons (Fsp3) is 0.385. The lowest BCUT2D eigenvalue weighted by atomic mass is 10.1. The highest BCUT2D eigenvalue weighted by Crippen LogP contribution is 2.30. The molecule has 412 valence electrons. The number of aliphatic carboxylic acids is 1. The maximum absolute atomic E-state index is 13.2. The molecule has 0 spiro atoms. The summed E-state index contributed by atoms with van der Waals surface area (Å²) >= 11 is 0. The molecule has 25 heteroatoms. The minimum absolute atomic E-state index is 0.0112. The first kappa shape index (κ1) is 58.5. The number of carbonyl (C=O) groups excluding carboxylic acids is 1. The average Bonchev–Trinajstić information content (AvgIpc) is 3.43. The van der Waals surface area contributed by atoms with Gasteiger partial charge in [-0.05, 0) is 98.5 Å². The van der Waals surface area contributed by atoms with Crippen molar-refractivity contribution in [3.8, 4) is 11.5 Å². The standard InChI is InChI=1S/C26H33N7O4S.C13H16N6.C13H19NO5S/c1-19-15-23(37-4)16-20(2)25(19)38(35,36)31(3)10-7-24(34)30-21-17-28-26(29-18-21)33-13-11-32(12-14-33)22-5-8-27-9-6-22;14-11-9-16-13(17-10-11)19-7-5-18(6-8-19)12-1-3-15-4-2-12;1-9-7-11(19-4)8-10(2)13(9)20(17,18)14(3)6-5-12(15)16/h5-6,8-9,15-18H,7,10-14H2,1-4H3,(H,30,34);1-4,9-10H,5-8,14H2;7-8H,5-6H2,1-4H3,(H,15,16). The second-order valence-electron chi connectivity index (χ2n) is 18.2. The maximum atomic E-state index is 13.2. The van der Waals surface area contributed by atoms with Crippen molar-refractivity contribution in [3.05, 3.63) is 120 Å². The molecule has 2 fully saturated rings. The lowest BCUT2D eigenvalue weighted by Gasteiger charge is -2.36. The Hall–Kier alpha value is -7.74. The second-order valence-corrected chi connectivity index (χ2v) is 22.2. The Bertz CT molecular complexity index is 3080. The van der Waals surface area contributed by atoms with Gasteiger partial charge in [0.2, 0.25) is 37.9 Å². The van der Waals surface area contributed by atoms with Gasteiger partial charge in [0.25, 0.3) is 0 Å². The third kappa shape index (κ3) is 15.7. The first-order chi connectivity index (χ1) is 36.7. The number of nitrogens with one attached hydrogen (secondary N) is 1. The number of rotatable bonds is 17. The summed E-state index contributed by atoms with van der Waals surface area (Å²) in [6.07, 6.45) is 13.4. The molecule has 0 atom stereocenters. The van der Waals surface area contributed by atoms with E-state index in [0.29, 0.717) is 51.1 Å². The second kappa shape index (κ2) is 26.8. The Morgan fingerprint density at radius 2 is 0.922 bits per heavy atom. The number of carboxylic acid groups (broad SMARTS) is 1. The summed E-state index contributed by atoms with van der Waals surface area (Å²) in [6.45, 7) is 13.8. The van der Waals surface area contributed by atoms with Gasteiger partial charge >= 0.3 is 5.97 Å². The predicted octanol–water partition coefficient (Wildman–Crippen LogP) is 4.66. The van der Waals surface area contributed by atoms with E-state index >= 15 is 0 Å². The van der Waals surface area contributed by atoms with E-state index in [1.165, 1.54) is 38.3 Å². The molecule has 4 N–H and O–H groups in total. The number of piperazine rings is 2. The van der Waals surface area contributed by atoms with Crippen LogP contribution in [0.3, 0.4) is 0 Å². The highest BCUT2D eigenvalue weighted by Gasteiger charge is 2.28. The molecule has 0 unspecified atom stereocenters. The van der Waals surface area contributed by atoms with Crippen molar-refractivity contribution in [1.82, 2.24) is 38.5 Å². The van der Waals surface area contributed by atoms with E-state index in [1.807, 2.05) is 36.7 Å².